The molecular weight excluding hydrogens is 338 g/mol. The van der Waals surface area contributed by atoms with E-state index in [4.69, 9.17) is 5.11 Å². The van der Waals surface area contributed by atoms with Gasteiger partial charge in [0, 0.05) is 19.5 Å². The number of nitrogens with zero attached hydrogens (tertiary/aromatic N) is 1. The van der Waals surface area contributed by atoms with Gasteiger partial charge in [0.2, 0.25) is 5.91 Å². The van der Waals surface area contributed by atoms with Crippen molar-refractivity contribution in [1.29, 1.82) is 0 Å². The zero-order chi connectivity index (χ0) is 19.1. The van der Waals surface area contributed by atoms with E-state index in [0.717, 1.165) is 12.8 Å². The average molecular weight is 365 g/mol. The number of likely N-dealkylation sites (tertiary alicyclic amines) is 1. The number of hydrogen-bond donors (Lipinski definition) is 1. The summed E-state index contributed by atoms with van der Waals surface area (Å²) < 4.78 is 0. The van der Waals surface area contributed by atoms with Crippen molar-refractivity contribution >= 4 is 11.9 Å². The van der Waals surface area contributed by atoms with Crippen LogP contribution in [0.1, 0.15) is 30.4 Å². The Bertz CT molecular complexity index is 695. The summed E-state index contributed by atoms with van der Waals surface area (Å²) in [4.78, 5) is 25.8. The van der Waals surface area contributed by atoms with Crippen LogP contribution in [0.15, 0.2) is 60.7 Å². The van der Waals surface area contributed by atoms with E-state index in [1.54, 1.807) is 0 Å². The second kappa shape index (κ2) is 9.36. The maximum Gasteiger partial charge on any atom is 0.306 e. The standard InChI is InChI=1S/C23H27NO3/c25-22(24-13-11-21(12-14-24)23(26)27)17-20(15-18-7-3-1-4-8-18)16-19-9-5-2-6-10-19/h1-10,20-21H,11-17H2,(H,26,27). The molecule has 4 heteroatoms. The second-order valence-corrected chi connectivity index (χ2v) is 7.44. The molecule has 142 valence electrons. The lowest BCUT2D eigenvalue weighted by molar-refractivity contribution is -0.145. The zero-order valence-corrected chi connectivity index (χ0v) is 15.6. The molecule has 0 unspecified atom stereocenters. The van der Waals surface area contributed by atoms with Crippen LogP contribution in [0.25, 0.3) is 0 Å². The number of carbonyl (C=O) groups is 2. The van der Waals surface area contributed by atoms with E-state index in [0.29, 0.717) is 32.4 Å². The number of carboxylic acid groups (broad SMARTS) is 1. The molecule has 0 saturated carbocycles. The lowest BCUT2D eigenvalue weighted by atomic mass is 9.89. The van der Waals surface area contributed by atoms with E-state index in [9.17, 15) is 9.59 Å². The third kappa shape index (κ3) is 5.68. The van der Waals surface area contributed by atoms with Crippen LogP contribution in [-0.4, -0.2) is 35.0 Å². The van der Waals surface area contributed by atoms with E-state index in [-0.39, 0.29) is 17.7 Å². The zero-order valence-electron chi connectivity index (χ0n) is 15.6. The number of hydrogen-bond acceptors (Lipinski definition) is 2. The van der Waals surface area contributed by atoms with Crippen molar-refractivity contribution in [1.82, 2.24) is 4.90 Å². The fourth-order valence-corrected chi connectivity index (χ4v) is 3.86. The Morgan fingerprint density at radius 3 is 1.81 bits per heavy atom. The number of carbonyl (C=O) groups excluding carboxylic acids is 1. The first-order chi connectivity index (χ1) is 13.1. The van der Waals surface area contributed by atoms with Crippen LogP contribution in [0.4, 0.5) is 0 Å². The number of piperidine rings is 1. The molecule has 1 heterocycles. The summed E-state index contributed by atoms with van der Waals surface area (Å²) in [5.74, 6) is -0.665. The van der Waals surface area contributed by atoms with Gasteiger partial charge in [0.15, 0.2) is 0 Å². The Kier molecular flexibility index (Phi) is 6.64. The lowest BCUT2D eigenvalue weighted by Gasteiger charge is -2.31. The Morgan fingerprint density at radius 1 is 0.889 bits per heavy atom. The van der Waals surface area contributed by atoms with Crippen LogP contribution in [0.2, 0.25) is 0 Å². The Morgan fingerprint density at radius 2 is 1.37 bits per heavy atom. The molecule has 0 spiro atoms. The van der Waals surface area contributed by atoms with Crippen LogP contribution < -0.4 is 0 Å². The van der Waals surface area contributed by atoms with Crippen LogP contribution >= 0.6 is 0 Å². The van der Waals surface area contributed by atoms with Crippen LogP contribution in [0.5, 0.6) is 0 Å². The summed E-state index contributed by atoms with van der Waals surface area (Å²) in [6.07, 6.45) is 3.36. The van der Waals surface area contributed by atoms with Crippen LogP contribution in [0, 0.1) is 11.8 Å². The van der Waals surface area contributed by atoms with Crippen molar-refractivity contribution in [2.75, 3.05) is 13.1 Å². The van der Waals surface area contributed by atoms with Crippen molar-refractivity contribution in [2.24, 2.45) is 11.8 Å². The van der Waals surface area contributed by atoms with Gasteiger partial charge in [-0.2, -0.15) is 0 Å². The van der Waals surface area contributed by atoms with Gasteiger partial charge in [0.1, 0.15) is 0 Å². The van der Waals surface area contributed by atoms with Gasteiger partial charge in [-0.3, -0.25) is 9.59 Å². The molecule has 27 heavy (non-hydrogen) atoms. The Balaban J connectivity index is 1.63. The third-order valence-corrected chi connectivity index (χ3v) is 5.39. The second-order valence-electron chi connectivity index (χ2n) is 7.44. The van der Waals surface area contributed by atoms with Crippen LogP contribution in [0.3, 0.4) is 0 Å². The number of benzene rings is 2. The summed E-state index contributed by atoms with van der Waals surface area (Å²) in [6.45, 7) is 1.11. The van der Waals surface area contributed by atoms with Gasteiger partial charge < -0.3 is 10.0 Å². The number of rotatable bonds is 7. The monoisotopic (exact) mass is 365 g/mol. The molecule has 1 N–H and O–H groups in total. The highest BCUT2D eigenvalue weighted by Crippen LogP contribution is 2.22. The van der Waals surface area contributed by atoms with E-state index in [1.807, 2.05) is 41.3 Å². The SMILES string of the molecule is O=C(O)C1CCN(C(=O)CC(Cc2ccccc2)Cc2ccccc2)CC1. The molecule has 2 aromatic rings. The summed E-state index contributed by atoms with van der Waals surface area (Å²) in [7, 11) is 0. The molecule has 1 amide bonds. The smallest absolute Gasteiger partial charge is 0.306 e. The van der Waals surface area contributed by atoms with Crippen molar-refractivity contribution in [3.63, 3.8) is 0 Å². The molecule has 4 nitrogen and oxygen atoms in total. The average Bonchev–Trinajstić information content (AvgIpc) is 2.69. The summed E-state index contributed by atoms with van der Waals surface area (Å²) in [6, 6.07) is 20.6. The van der Waals surface area contributed by atoms with Crippen molar-refractivity contribution in [2.45, 2.75) is 32.1 Å². The molecule has 1 aliphatic heterocycles. The predicted molar refractivity (Wildman–Crippen MR) is 105 cm³/mol. The number of amides is 1. The molecule has 0 radical (unpaired) electrons. The first-order valence-electron chi connectivity index (χ1n) is 9.70. The van der Waals surface area contributed by atoms with E-state index >= 15 is 0 Å². The lowest BCUT2D eigenvalue weighted by Crippen LogP contribution is -2.41. The van der Waals surface area contributed by atoms with Gasteiger partial charge >= 0.3 is 5.97 Å². The summed E-state index contributed by atoms with van der Waals surface area (Å²) in [5.41, 5.74) is 2.49. The van der Waals surface area contributed by atoms with Gasteiger partial charge in [-0.25, -0.2) is 0 Å². The van der Waals surface area contributed by atoms with E-state index in [1.165, 1.54) is 11.1 Å². The first kappa shape index (κ1) is 19.2. The molecule has 2 aromatic carbocycles. The molecule has 0 aliphatic carbocycles. The Labute approximate surface area is 160 Å². The minimum atomic E-state index is -0.742. The van der Waals surface area contributed by atoms with Crippen molar-refractivity contribution < 1.29 is 14.7 Å². The van der Waals surface area contributed by atoms with Crippen molar-refractivity contribution in [3.8, 4) is 0 Å². The summed E-state index contributed by atoms with van der Waals surface area (Å²) in [5, 5.41) is 9.13. The fraction of sp³-hybridized carbons (Fsp3) is 0.391. The largest absolute Gasteiger partial charge is 0.481 e. The Hall–Kier alpha value is -2.62. The number of aliphatic carboxylic acids is 1. The molecule has 3 rings (SSSR count). The maximum atomic E-state index is 12.8. The minimum absolute atomic E-state index is 0.149. The highest BCUT2D eigenvalue weighted by atomic mass is 16.4. The van der Waals surface area contributed by atoms with Gasteiger partial charge in [0.25, 0.3) is 0 Å². The van der Waals surface area contributed by atoms with Gasteiger partial charge in [-0.1, -0.05) is 60.7 Å². The van der Waals surface area contributed by atoms with E-state index < -0.39 is 5.97 Å². The first-order valence-corrected chi connectivity index (χ1v) is 9.70. The highest BCUT2D eigenvalue weighted by molar-refractivity contribution is 5.77. The van der Waals surface area contributed by atoms with Crippen LogP contribution in [-0.2, 0) is 22.4 Å². The predicted octanol–water partition coefficient (Wildman–Crippen LogP) is 3.80. The van der Waals surface area contributed by atoms with Gasteiger partial charge in [0.05, 0.1) is 5.92 Å². The molecule has 0 aromatic heterocycles. The van der Waals surface area contributed by atoms with E-state index in [2.05, 4.69) is 24.3 Å². The molecule has 1 aliphatic rings. The molecular formula is C23H27NO3. The molecule has 0 bridgehead atoms. The third-order valence-electron chi connectivity index (χ3n) is 5.39. The topological polar surface area (TPSA) is 57.6 Å². The molecule has 1 saturated heterocycles. The normalized spacial score (nSPS) is 15.1. The van der Waals surface area contributed by atoms with Crippen molar-refractivity contribution in [3.05, 3.63) is 71.8 Å². The maximum absolute atomic E-state index is 12.8. The van der Waals surface area contributed by atoms with Gasteiger partial charge in [-0.05, 0) is 42.7 Å². The summed E-state index contributed by atoms with van der Waals surface area (Å²) >= 11 is 0. The minimum Gasteiger partial charge on any atom is -0.481 e. The fourth-order valence-electron chi connectivity index (χ4n) is 3.86. The molecule has 0 atom stereocenters. The molecule has 1 fully saturated rings. The highest BCUT2D eigenvalue weighted by Gasteiger charge is 2.28. The van der Waals surface area contributed by atoms with Gasteiger partial charge in [-0.15, -0.1) is 0 Å². The quantitative estimate of drug-likeness (QED) is 0.812. The number of carboxylic acids is 1.